The lowest BCUT2D eigenvalue weighted by atomic mass is 10.6. The van der Waals surface area contributed by atoms with Crippen molar-refractivity contribution in [2.24, 2.45) is 11.6 Å². The van der Waals surface area contributed by atoms with Crippen molar-refractivity contribution in [3.05, 3.63) is 0 Å². The first-order valence-corrected chi connectivity index (χ1v) is 1.89. The van der Waals surface area contributed by atoms with E-state index in [1.165, 1.54) is 7.05 Å². The van der Waals surface area contributed by atoms with Gasteiger partial charge in [-0.3, -0.25) is 9.80 Å². The smallest absolute Gasteiger partial charge is 0.249 e. The molecule has 0 spiro atoms. The van der Waals surface area contributed by atoms with E-state index in [0.717, 1.165) is 5.01 Å². The summed E-state index contributed by atoms with van der Waals surface area (Å²) in [6, 6.07) is 0. The van der Waals surface area contributed by atoms with E-state index >= 15 is 0 Å². The molecule has 42 valence electrons. The molecule has 0 aliphatic heterocycles. The Hall–Kier alpha value is -0.610. The first-order valence-electron chi connectivity index (χ1n) is 1.89. The van der Waals surface area contributed by atoms with Gasteiger partial charge in [0.2, 0.25) is 5.91 Å². The van der Waals surface area contributed by atoms with Crippen molar-refractivity contribution in [1.29, 1.82) is 0 Å². The monoisotopic (exact) mass is 103 g/mol. The summed E-state index contributed by atoms with van der Waals surface area (Å²) in [6.07, 6.45) is 0. The number of carbonyl (C=O) groups is 1. The summed E-state index contributed by atoms with van der Waals surface area (Å²) in [6.45, 7) is -0.0208. The molecule has 1 amide bonds. The number of nitrogens with two attached hydrogens (primary N) is 2. The van der Waals surface area contributed by atoms with Crippen molar-refractivity contribution in [3.8, 4) is 0 Å². The standard InChI is InChI=1S/C3H9N3O/c1-6(5)3(7)2-4/h2,4-5H2,1H3. The number of amides is 1. The second-order valence-electron chi connectivity index (χ2n) is 1.21. The zero-order chi connectivity index (χ0) is 5.86. The maximum absolute atomic E-state index is 10.2. The van der Waals surface area contributed by atoms with E-state index < -0.39 is 0 Å². The number of hydrogen-bond acceptors (Lipinski definition) is 3. The maximum Gasteiger partial charge on any atom is 0.249 e. The summed E-state index contributed by atoms with van der Waals surface area (Å²) < 4.78 is 0. The summed E-state index contributed by atoms with van der Waals surface area (Å²) in [5.41, 5.74) is 4.90. The second kappa shape index (κ2) is 2.54. The molecule has 0 fully saturated rings. The lowest BCUT2D eigenvalue weighted by molar-refractivity contribution is -0.128. The molecule has 4 N–H and O–H groups in total. The van der Waals surface area contributed by atoms with E-state index in [1.807, 2.05) is 0 Å². The molecule has 0 saturated carbocycles. The Balaban J connectivity index is 3.35. The van der Waals surface area contributed by atoms with Crippen LogP contribution in [0.5, 0.6) is 0 Å². The van der Waals surface area contributed by atoms with Crippen LogP contribution in [0, 0.1) is 0 Å². The lowest BCUT2D eigenvalue weighted by Crippen LogP contribution is -2.37. The highest BCUT2D eigenvalue weighted by Crippen LogP contribution is 1.64. The molecule has 0 aliphatic carbocycles. The molecule has 0 atom stereocenters. The lowest BCUT2D eigenvalue weighted by Gasteiger charge is -2.05. The van der Waals surface area contributed by atoms with E-state index in [0.29, 0.717) is 0 Å². The Bertz CT molecular complexity index is 70.6. The molecule has 0 aliphatic rings. The Morgan fingerprint density at radius 2 is 2.29 bits per heavy atom. The molecule has 4 heteroatoms. The van der Waals surface area contributed by atoms with Crippen LogP contribution >= 0.6 is 0 Å². The maximum atomic E-state index is 10.2. The summed E-state index contributed by atoms with van der Waals surface area (Å²) in [5.74, 6) is 4.69. The highest BCUT2D eigenvalue weighted by Gasteiger charge is 1.96. The zero-order valence-corrected chi connectivity index (χ0v) is 4.22. The summed E-state index contributed by atoms with van der Waals surface area (Å²) in [4.78, 5) is 10.2. The molecular weight excluding hydrogens is 94.1 g/mol. The summed E-state index contributed by atoms with van der Waals surface area (Å²) in [5, 5.41) is 0.958. The van der Waals surface area contributed by atoms with Crippen molar-refractivity contribution in [2.75, 3.05) is 13.6 Å². The van der Waals surface area contributed by atoms with Gasteiger partial charge in [-0.1, -0.05) is 0 Å². The molecule has 0 aromatic heterocycles. The van der Waals surface area contributed by atoms with Crippen LogP contribution in [0.4, 0.5) is 0 Å². The average molecular weight is 103 g/mol. The molecule has 4 nitrogen and oxygen atoms in total. The van der Waals surface area contributed by atoms with Crippen LogP contribution in [-0.2, 0) is 4.79 Å². The SMILES string of the molecule is CN(N)C(=O)CN. The predicted molar refractivity (Wildman–Crippen MR) is 26.0 cm³/mol. The number of hydrogen-bond donors (Lipinski definition) is 2. The van der Waals surface area contributed by atoms with Crippen LogP contribution < -0.4 is 11.6 Å². The first-order chi connectivity index (χ1) is 3.18. The minimum absolute atomic E-state index is 0.0208. The van der Waals surface area contributed by atoms with E-state index in [9.17, 15) is 4.79 Å². The molecule has 0 saturated heterocycles. The summed E-state index contributed by atoms with van der Waals surface area (Å²) >= 11 is 0. The van der Waals surface area contributed by atoms with Gasteiger partial charge in [0.1, 0.15) is 0 Å². The van der Waals surface area contributed by atoms with Gasteiger partial charge in [0.25, 0.3) is 0 Å². The number of hydrazine groups is 1. The third-order valence-electron chi connectivity index (χ3n) is 0.568. The Morgan fingerprint density at radius 1 is 1.86 bits per heavy atom. The fourth-order valence-corrected chi connectivity index (χ4v) is 0.144. The van der Waals surface area contributed by atoms with Gasteiger partial charge in [0, 0.05) is 7.05 Å². The van der Waals surface area contributed by atoms with Crippen LogP contribution in [0.2, 0.25) is 0 Å². The fraction of sp³-hybridized carbons (Fsp3) is 0.667. The number of rotatable bonds is 1. The minimum Gasteiger partial charge on any atom is -0.322 e. The van der Waals surface area contributed by atoms with E-state index in [4.69, 9.17) is 11.6 Å². The molecule has 0 heterocycles. The first kappa shape index (κ1) is 6.39. The predicted octanol–water partition coefficient (Wildman–Crippen LogP) is -1.72. The van der Waals surface area contributed by atoms with Crippen LogP contribution in [0.1, 0.15) is 0 Å². The third kappa shape index (κ3) is 2.13. The zero-order valence-electron chi connectivity index (χ0n) is 4.22. The van der Waals surface area contributed by atoms with Crippen molar-refractivity contribution in [1.82, 2.24) is 5.01 Å². The van der Waals surface area contributed by atoms with Crippen LogP contribution in [0.3, 0.4) is 0 Å². The van der Waals surface area contributed by atoms with Gasteiger partial charge in [-0.25, -0.2) is 5.84 Å². The normalized spacial score (nSPS) is 8.43. The number of carbonyl (C=O) groups excluding carboxylic acids is 1. The number of likely N-dealkylation sites (N-methyl/N-ethyl adjacent to an activating group) is 1. The quantitative estimate of drug-likeness (QED) is 0.235. The van der Waals surface area contributed by atoms with Gasteiger partial charge in [-0.2, -0.15) is 0 Å². The second-order valence-corrected chi connectivity index (χ2v) is 1.21. The molecule has 7 heavy (non-hydrogen) atoms. The summed E-state index contributed by atoms with van der Waals surface area (Å²) in [7, 11) is 1.45. The highest BCUT2D eigenvalue weighted by atomic mass is 16.2. The largest absolute Gasteiger partial charge is 0.322 e. The van der Waals surface area contributed by atoms with Gasteiger partial charge in [0.05, 0.1) is 6.54 Å². The molecular formula is C3H9N3O. The minimum atomic E-state index is -0.264. The van der Waals surface area contributed by atoms with Crippen LogP contribution in [-0.4, -0.2) is 24.5 Å². The van der Waals surface area contributed by atoms with Crippen molar-refractivity contribution in [3.63, 3.8) is 0 Å². The molecule has 0 aromatic carbocycles. The van der Waals surface area contributed by atoms with Gasteiger partial charge in [0.15, 0.2) is 0 Å². The van der Waals surface area contributed by atoms with Gasteiger partial charge in [-0.05, 0) is 0 Å². The van der Waals surface area contributed by atoms with Gasteiger partial charge < -0.3 is 5.73 Å². The van der Waals surface area contributed by atoms with E-state index in [-0.39, 0.29) is 12.5 Å². The molecule has 0 bridgehead atoms. The van der Waals surface area contributed by atoms with Crippen LogP contribution in [0.25, 0.3) is 0 Å². The van der Waals surface area contributed by atoms with Crippen molar-refractivity contribution < 1.29 is 4.79 Å². The third-order valence-corrected chi connectivity index (χ3v) is 0.568. The average Bonchev–Trinajstić information content (AvgIpc) is 1.65. The van der Waals surface area contributed by atoms with Crippen molar-refractivity contribution in [2.45, 2.75) is 0 Å². The molecule has 0 rings (SSSR count). The van der Waals surface area contributed by atoms with Crippen LogP contribution in [0.15, 0.2) is 0 Å². The molecule has 0 unspecified atom stereocenters. The van der Waals surface area contributed by atoms with Gasteiger partial charge in [-0.15, -0.1) is 0 Å². The van der Waals surface area contributed by atoms with E-state index in [2.05, 4.69) is 0 Å². The Morgan fingerprint density at radius 3 is 2.29 bits per heavy atom. The van der Waals surface area contributed by atoms with Crippen molar-refractivity contribution >= 4 is 5.91 Å². The molecule has 0 aromatic rings. The molecule has 0 radical (unpaired) electrons. The van der Waals surface area contributed by atoms with E-state index in [1.54, 1.807) is 0 Å². The topological polar surface area (TPSA) is 72.3 Å². The Kier molecular flexibility index (Phi) is 2.32. The highest BCUT2D eigenvalue weighted by molar-refractivity contribution is 5.76. The number of nitrogens with zero attached hydrogens (tertiary/aromatic N) is 1. The van der Waals surface area contributed by atoms with Gasteiger partial charge >= 0.3 is 0 Å². The fourth-order valence-electron chi connectivity index (χ4n) is 0.144. The Labute approximate surface area is 42.0 Å².